The number of fused-ring (bicyclic) bond motifs is 26. The molecule has 0 saturated heterocycles. The molecule has 378 valence electrons. The van der Waals surface area contributed by atoms with Crippen molar-refractivity contribution in [3.63, 3.8) is 0 Å². The lowest BCUT2D eigenvalue weighted by Crippen LogP contribution is -2.25. The van der Waals surface area contributed by atoms with Crippen LogP contribution in [0.25, 0.3) is 126 Å². The molecule has 12 aromatic carbocycles. The lowest BCUT2D eigenvalue weighted by Gasteiger charge is -2.30. The Morgan fingerprint density at radius 2 is 0.695 bits per heavy atom. The maximum Gasteiger partial charge on any atom is 0.168 e. The van der Waals surface area contributed by atoms with Crippen molar-refractivity contribution in [2.75, 3.05) is 0 Å². The summed E-state index contributed by atoms with van der Waals surface area (Å²) in [4.78, 5) is 0. The molecule has 0 aliphatic heterocycles. The first-order valence-electron chi connectivity index (χ1n) is 28.4. The zero-order valence-electron chi connectivity index (χ0n) is 44.2. The highest BCUT2D eigenvalue weighted by molar-refractivity contribution is 7.26. The molecule has 82 heavy (non-hydrogen) atoms. The zero-order valence-corrected chi connectivity index (χ0v) is 45.0. The van der Waals surface area contributed by atoms with Crippen LogP contribution < -0.4 is 0 Å². The first kappa shape index (κ1) is 44.6. The third-order valence-corrected chi connectivity index (χ3v) is 20.2. The standard InChI is InChI=1S/C78H45N3S/c1-2-16-53-46(15-1)39-40-81-75(79-80-76(53)81)48-31-29-47(30-32-48)62-42-52(51-34-37-61-59-22-8-14-28-70(59)78(72(61)45-51)67-25-11-5-19-56(67)57-20-6-12-26-68(57)78)43-64-63-41-49(35-38-73(63)82-74(62)64)50-33-36-60-58-21-7-13-27-69(58)77(71(60)44-50)65-23-9-3-17-54(65)55-18-4-10-24-66(55)77/h1-45H. The van der Waals surface area contributed by atoms with Gasteiger partial charge in [-0.1, -0.05) is 224 Å². The van der Waals surface area contributed by atoms with Gasteiger partial charge in [0.1, 0.15) is 0 Å². The SMILES string of the molecule is c1ccc2c(c1)-c1ccccc1C21c2ccccc2-c2ccc(-c3ccc4sc5c(-c6ccc(-c7nnc8c9ccccc9ccn78)cc6)cc(-c6ccc7c(c6)C6(c8ccccc8-c8ccccc86)c6ccccc6-7)cc5c4c3)cc21. The van der Waals surface area contributed by atoms with Crippen LogP contribution in [0.3, 0.4) is 0 Å². The molecular formula is C78H45N3S. The van der Waals surface area contributed by atoms with Crippen molar-refractivity contribution < 1.29 is 0 Å². The first-order valence-corrected chi connectivity index (χ1v) is 29.2. The number of thiophene rings is 1. The number of rotatable bonds is 4. The molecule has 3 nitrogen and oxygen atoms in total. The summed E-state index contributed by atoms with van der Waals surface area (Å²) in [6, 6.07) is 101. The van der Waals surface area contributed by atoms with E-state index in [1.165, 1.54) is 137 Å². The van der Waals surface area contributed by atoms with Crippen molar-refractivity contribution in [3.05, 3.63) is 318 Å². The zero-order chi connectivity index (χ0) is 53.4. The predicted molar refractivity (Wildman–Crippen MR) is 338 cm³/mol. The fourth-order valence-corrected chi connectivity index (χ4v) is 16.8. The maximum atomic E-state index is 4.77. The van der Waals surface area contributed by atoms with Crippen LogP contribution in [0.15, 0.2) is 273 Å². The van der Waals surface area contributed by atoms with E-state index in [2.05, 4.69) is 278 Å². The largest absolute Gasteiger partial charge is 0.282 e. The summed E-state index contributed by atoms with van der Waals surface area (Å²) in [6.45, 7) is 0. The van der Waals surface area contributed by atoms with E-state index >= 15 is 0 Å². The van der Waals surface area contributed by atoms with Crippen molar-refractivity contribution >= 4 is 47.9 Å². The molecule has 3 heterocycles. The molecule has 19 rings (SSSR count). The van der Waals surface area contributed by atoms with Gasteiger partial charge < -0.3 is 0 Å². The molecule has 0 N–H and O–H groups in total. The third kappa shape index (κ3) is 5.64. The summed E-state index contributed by atoms with van der Waals surface area (Å²) >= 11 is 1.89. The van der Waals surface area contributed by atoms with Gasteiger partial charge in [-0.3, -0.25) is 4.40 Å². The van der Waals surface area contributed by atoms with Crippen molar-refractivity contribution in [3.8, 4) is 89.3 Å². The van der Waals surface area contributed by atoms with Gasteiger partial charge in [0.05, 0.1) is 10.8 Å². The number of aromatic nitrogens is 3. The van der Waals surface area contributed by atoms with E-state index in [-0.39, 0.29) is 0 Å². The minimum Gasteiger partial charge on any atom is -0.282 e. The summed E-state index contributed by atoms with van der Waals surface area (Å²) < 4.78 is 4.65. The van der Waals surface area contributed by atoms with Gasteiger partial charge in [0, 0.05) is 42.9 Å². The second kappa shape index (κ2) is 16.2. The fourth-order valence-electron chi connectivity index (χ4n) is 15.6. The van der Waals surface area contributed by atoms with Crippen LogP contribution >= 0.6 is 11.3 Å². The summed E-state index contributed by atoms with van der Waals surface area (Å²) in [5.74, 6) is 0.825. The van der Waals surface area contributed by atoms with Gasteiger partial charge in [0.2, 0.25) is 0 Å². The fraction of sp³-hybridized carbons (Fsp3) is 0.0256. The van der Waals surface area contributed by atoms with E-state index in [4.69, 9.17) is 10.2 Å². The molecule has 0 radical (unpaired) electrons. The molecule has 0 unspecified atom stereocenters. The minimum atomic E-state index is -0.446. The van der Waals surface area contributed by atoms with Crippen molar-refractivity contribution in [2.45, 2.75) is 10.8 Å². The van der Waals surface area contributed by atoms with Gasteiger partial charge >= 0.3 is 0 Å². The average molecular weight is 1060 g/mol. The number of pyridine rings is 1. The minimum absolute atomic E-state index is 0.415. The molecule has 0 saturated carbocycles. The Bertz CT molecular complexity index is 5180. The second-order valence-corrected chi connectivity index (χ2v) is 23.8. The highest BCUT2D eigenvalue weighted by atomic mass is 32.1. The van der Waals surface area contributed by atoms with E-state index in [0.29, 0.717) is 0 Å². The van der Waals surface area contributed by atoms with E-state index in [1.807, 2.05) is 11.3 Å². The summed E-state index contributed by atoms with van der Waals surface area (Å²) in [5, 5.41) is 14.2. The molecule has 0 fully saturated rings. The first-order chi connectivity index (χ1) is 40.6. The summed E-state index contributed by atoms with van der Waals surface area (Å²) in [5.41, 5.74) is 29.5. The molecule has 2 spiro atoms. The van der Waals surface area contributed by atoms with Crippen LogP contribution in [-0.4, -0.2) is 14.6 Å². The van der Waals surface area contributed by atoms with Gasteiger partial charge in [-0.05, 0) is 165 Å². The van der Waals surface area contributed by atoms with Crippen LogP contribution in [0.4, 0.5) is 0 Å². The molecule has 4 aliphatic carbocycles. The molecular weight excluding hydrogens is 1010 g/mol. The van der Waals surface area contributed by atoms with Crippen molar-refractivity contribution in [2.24, 2.45) is 0 Å². The molecule has 4 aliphatic rings. The van der Waals surface area contributed by atoms with Crippen LogP contribution in [0.2, 0.25) is 0 Å². The van der Waals surface area contributed by atoms with Gasteiger partial charge in [0.15, 0.2) is 11.5 Å². The monoisotopic (exact) mass is 1060 g/mol. The Morgan fingerprint density at radius 3 is 1.23 bits per heavy atom. The number of nitrogens with zero attached hydrogens (tertiary/aromatic N) is 3. The van der Waals surface area contributed by atoms with Crippen molar-refractivity contribution in [1.29, 1.82) is 0 Å². The molecule has 0 amide bonds. The predicted octanol–water partition coefficient (Wildman–Crippen LogP) is 19.6. The Kier molecular flexibility index (Phi) is 8.81. The lowest BCUT2D eigenvalue weighted by molar-refractivity contribution is 0.794. The van der Waals surface area contributed by atoms with E-state index in [1.54, 1.807) is 0 Å². The van der Waals surface area contributed by atoms with E-state index < -0.39 is 10.8 Å². The smallest absolute Gasteiger partial charge is 0.168 e. The topological polar surface area (TPSA) is 30.2 Å². The number of benzene rings is 12. The highest BCUT2D eigenvalue weighted by Crippen LogP contribution is 2.65. The number of hydrogen-bond donors (Lipinski definition) is 0. The van der Waals surface area contributed by atoms with E-state index in [9.17, 15) is 0 Å². The van der Waals surface area contributed by atoms with Crippen LogP contribution in [0, 0.1) is 0 Å². The van der Waals surface area contributed by atoms with Crippen LogP contribution in [0.5, 0.6) is 0 Å². The Labute approximate surface area is 477 Å². The Morgan fingerprint density at radius 1 is 0.280 bits per heavy atom. The van der Waals surface area contributed by atoms with Gasteiger partial charge in [-0.25, -0.2) is 0 Å². The average Bonchev–Trinajstić information content (AvgIpc) is 4.14. The van der Waals surface area contributed by atoms with Crippen LogP contribution in [0.1, 0.15) is 44.5 Å². The van der Waals surface area contributed by atoms with Gasteiger partial charge in [-0.2, -0.15) is 0 Å². The number of hydrogen-bond acceptors (Lipinski definition) is 3. The quantitative estimate of drug-likeness (QED) is 0.176. The third-order valence-electron chi connectivity index (χ3n) is 19.0. The highest BCUT2D eigenvalue weighted by Gasteiger charge is 2.53. The Balaban J connectivity index is 0.815. The summed E-state index contributed by atoms with van der Waals surface area (Å²) in [7, 11) is 0. The molecule has 4 heteroatoms. The van der Waals surface area contributed by atoms with Gasteiger partial charge in [-0.15, -0.1) is 21.5 Å². The van der Waals surface area contributed by atoms with E-state index in [0.717, 1.165) is 33.4 Å². The normalized spacial score (nSPS) is 14.0. The maximum absolute atomic E-state index is 4.77. The molecule has 3 aromatic heterocycles. The Hall–Kier alpha value is -10.3. The molecule has 15 aromatic rings. The molecule has 0 atom stereocenters. The van der Waals surface area contributed by atoms with Crippen molar-refractivity contribution in [1.82, 2.24) is 14.6 Å². The van der Waals surface area contributed by atoms with Crippen LogP contribution in [-0.2, 0) is 10.8 Å². The summed E-state index contributed by atoms with van der Waals surface area (Å²) in [6.07, 6.45) is 2.09. The van der Waals surface area contributed by atoms with Gasteiger partial charge in [0.25, 0.3) is 0 Å². The molecule has 0 bridgehead atoms. The second-order valence-electron chi connectivity index (χ2n) is 22.7. The lowest BCUT2D eigenvalue weighted by atomic mass is 9.70.